The maximum absolute atomic E-state index is 9.99. The first-order valence-electron chi connectivity index (χ1n) is 5.85. The summed E-state index contributed by atoms with van der Waals surface area (Å²) in [7, 11) is 2.04. The van der Waals surface area contributed by atoms with E-state index in [4.69, 9.17) is 11.6 Å². The summed E-state index contributed by atoms with van der Waals surface area (Å²) in [5.41, 5.74) is 1.12. The van der Waals surface area contributed by atoms with Crippen molar-refractivity contribution in [2.45, 2.75) is 37.8 Å². The SMILES string of the molecule is CN(c1ccc(Cl)cc1)[C@@H]1CCCC[C@@H]1O. The van der Waals surface area contributed by atoms with Crippen LogP contribution in [0.1, 0.15) is 25.7 Å². The molecular formula is C13H18ClNO. The van der Waals surface area contributed by atoms with Crippen LogP contribution in [0.3, 0.4) is 0 Å². The average molecular weight is 240 g/mol. The molecule has 88 valence electrons. The zero-order valence-electron chi connectivity index (χ0n) is 9.56. The van der Waals surface area contributed by atoms with Crippen molar-refractivity contribution in [3.63, 3.8) is 0 Å². The Labute approximate surface area is 102 Å². The highest BCUT2D eigenvalue weighted by Crippen LogP contribution is 2.27. The third kappa shape index (κ3) is 2.50. The van der Waals surface area contributed by atoms with Gasteiger partial charge in [0.2, 0.25) is 0 Å². The molecule has 1 aromatic carbocycles. The van der Waals surface area contributed by atoms with Gasteiger partial charge in [0.1, 0.15) is 0 Å². The van der Waals surface area contributed by atoms with E-state index in [1.54, 1.807) is 0 Å². The molecule has 2 rings (SSSR count). The van der Waals surface area contributed by atoms with Crippen LogP contribution in [0.15, 0.2) is 24.3 Å². The van der Waals surface area contributed by atoms with Crippen LogP contribution in [-0.4, -0.2) is 24.3 Å². The molecule has 1 aromatic rings. The van der Waals surface area contributed by atoms with Crippen molar-refractivity contribution in [2.24, 2.45) is 0 Å². The lowest BCUT2D eigenvalue weighted by Crippen LogP contribution is -2.43. The van der Waals surface area contributed by atoms with Gasteiger partial charge in [0.25, 0.3) is 0 Å². The highest BCUT2D eigenvalue weighted by molar-refractivity contribution is 6.30. The second-order valence-electron chi connectivity index (χ2n) is 4.51. The molecule has 1 fully saturated rings. The van der Waals surface area contributed by atoms with E-state index in [9.17, 15) is 5.11 Å². The van der Waals surface area contributed by atoms with Crippen molar-refractivity contribution in [3.8, 4) is 0 Å². The summed E-state index contributed by atoms with van der Waals surface area (Å²) >= 11 is 5.86. The molecule has 16 heavy (non-hydrogen) atoms. The van der Waals surface area contributed by atoms with Crippen LogP contribution >= 0.6 is 11.6 Å². The van der Waals surface area contributed by atoms with Crippen LogP contribution in [0.4, 0.5) is 5.69 Å². The summed E-state index contributed by atoms with van der Waals surface area (Å²) in [6, 6.07) is 8.04. The lowest BCUT2D eigenvalue weighted by Gasteiger charge is -2.36. The van der Waals surface area contributed by atoms with Crippen molar-refractivity contribution in [2.75, 3.05) is 11.9 Å². The number of nitrogens with zero attached hydrogens (tertiary/aromatic N) is 1. The largest absolute Gasteiger partial charge is 0.391 e. The minimum Gasteiger partial charge on any atom is -0.391 e. The molecule has 0 spiro atoms. The monoisotopic (exact) mass is 239 g/mol. The molecule has 1 N–H and O–H groups in total. The Morgan fingerprint density at radius 1 is 1.19 bits per heavy atom. The number of aliphatic hydroxyl groups is 1. The third-order valence-electron chi connectivity index (χ3n) is 3.43. The molecule has 1 aliphatic rings. The van der Waals surface area contributed by atoms with Gasteiger partial charge >= 0.3 is 0 Å². The summed E-state index contributed by atoms with van der Waals surface area (Å²) in [6.07, 6.45) is 4.14. The van der Waals surface area contributed by atoms with E-state index in [-0.39, 0.29) is 12.1 Å². The van der Waals surface area contributed by atoms with Gasteiger partial charge in [-0.3, -0.25) is 0 Å². The van der Waals surface area contributed by atoms with Crippen molar-refractivity contribution < 1.29 is 5.11 Å². The number of benzene rings is 1. The molecule has 1 saturated carbocycles. The summed E-state index contributed by atoms with van der Waals surface area (Å²) in [6.45, 7) is 0. The number of likely N-dealkylation sites (N-methyl/N-ethyl adjacent to an activating group) is 1. The lowest BCUT2D eigenvalue weighted by molar-refractivity contribution is 0.106. The van der Waals surface area contributed by atoms with Crippen LogP contribution in [0.2, 0.25) is 5.02 Å². The van der Waals surface area contributed by atoms with E-state index in [2.05, 4.69) is 4.90 Å². The predicted molar refractivity (Wildman–Crippen MR) is 68.1 cm³/mol. The highest BCUT2D eigenvalue weighted by Gasteiger charge is 2.26. The number of aliphatic hydroxyl groups excluding tert-OH is 1. The van der Waals surface area contributed by atoms with Crippen molar-refractivity contribution in [3.05, 3.63) is 29.3 Å². The Bertz CT molecular complexity index is 338. The first-order valence-corrected chi connectivity index (χ1v) is 6.23. The molecule has 1 aliphatic carbocycles. The molecule has 0 saturated heterocycles. The maximum atomic E-state index is 9.99. The van der Waals surface area contributed by atoms with Gasteiger partial charge in [-0.15, -0.1) is 0 Å². The van der Waals surface area contributed by atoms with Gasteiger partial charge in [-0.2, -0.15) is 0 Å². The zero-order valence-corrected chi connectivity index (χ0v) is 10.3. The molecular weight excluding hydrogens is 222 g/mol. The number of hydrogen-bond donors (Lipinski definition) is 1. The second kappa shape index (κ2) is 5.07. The third-order valence-corrected chi connectivity index (χ3v) is 3.68. The van der Waals surface area contributed by atoms with E-state index < -0.39 is 0 Å². The summed E-state index contributed by atoms with van der Waals surface area (Å²) in [5, 5.41) is 10.7. The van der Waals surface area contributed by atoms with Crippen LogP contribution < -0.4 is 4.90 Å². The average Bonchev–Trinajstić information content (AvgIpc) is 2.30. The molecule has 0 amide bonds. The van der Waals surface area contributed by atoms with Crippen LogP contribution in [-0.2, 0) is 0 Å². The van der Waals surface area contributed by atoms with E-state index in [0.717, 1.165) is 30.0 Å². The Morgan fingerprint density at radius 2 is 1.81 bits per heavy atom. The lowest BCUT2D eigenvalue weighted by atomic mass is 9.91. The van der Waals surface area contributed by atoms with E-state index >= 15 is 0 Å². The van der Waals surface area contributed by atoms with Crippen molar-refractivity contribution >= 4 is 17.3 Å². The standard InChI is InChI=1S/C13H18ClNO/c1-15(11-8-6-10(14)7-9-11)12-4-2-3-5-13(12)16/h6-9,12-13,16H,2-5H2,1H3/t12-,13+/m1/s1. The molecule has 0 heterocycles. The molecule has 0 unspecified atom stereocenters. The van der Waals surface area contributed by atoms with Crippen LogP contribution in [0, 0.1) is 0 Å². The normalized spacial score (nSPS) is 25.4. The van der Waals surface area contributed by atoms with Gasteiger partial charge in [0, 0.05) is 17.8 Å². The predicted octanol–water partition coefficient (Wildman–Crippen LogP) is 3.08. The van der Waals surface area contributed by atoms with Gasteiger partial charge in [0.05, 0.1) is 12.1 Å². The maximum Gasteiger partial charge on any atom is 0.0743 e. The van der Waals surface area contributed by atoms with Gasteiger partial charge in [-0.05, 0) is 37.1 Å². The number of rotatable bonds is 2. The number of anilines is 1. The topological polar surface area (TPSA) is 23.5 Å². The molecule has 0 radical (unpaired) electrons. The first-order chi connectivity index (χ1) is 7.68. The molecule has 3 heteroatoms. The van der Waals surface area contributed by atoms with E-state index in [0.29, 0.717) is 0 Å². The Kier molecular flexibility index (Phi) is 3.72. The summed E-state index contributed by atoms with van der Waals surface area (Å²) in [4.78, 5) is 2.17. The number of halogens is 1. The van der Waals surface area contributed by atoms with Gasteiger partial charge in [-0.25, -0.2) is 0 Å². The fourth-order valence-corrected chi connectivity index (χ4v) is 2.54. The van der Waals surface area contributed by atoms with Gasteiger partial charge in [0.15, 0.2) is 0 Å². The molecule has 2 nitrogen and oxygen atoms in total. The van der Waals surface area contributed by atoms with E-state index in [1.165, 1.54) is 6.42 Å². The zero-order chi connectivity index (χ0) is 11.5. The van der Waals surface area contributed by atoms with Gasteiger partial charge in [-0.1, -0.05) is 24.4 Å². The van der Waals surface area contributed by atoms with Gasteiger partial charge < -0.3 is 10.0 Å². The quantitative estimate of drug-likeness (QED) is 0.858. The smallest absolute Gasteiger partial charge is 0.0743 e. The van der Waals surface area contributed by atoms with Crippen molar-refractivity contribution in [1.29, 1.82) is 0 Å². The van der Waals surface area contributed by atoms with Crippen LogP contribution in [0.25, 0.3) is 0 Å². The fraction of sp³-hybridized carbons (Fsp3) is 0.538. The molecule has 0 bridgehead atoms. The van der Waals surface area contributed by atoms with Crippen molar-refractivity contribution in [1.82, 2.24) is 0 Å². The summed E-state index contributed by atoms with van der Waals surface area (Å²) in [5.74, 6) is 0. The van der Waals surface area contributed by atoms with E-state index in [1.807, 2.05) is 31.3 Å². The molecule has 0 aromatic heterocycles. The minimum absolute atomic E-state index is 0.200. The minimum atomic E-state index is -0.200. The second-order valence-corrected chi connectivity index (χ2v) is 4.94. The number of hydrogen-bond acceptors (Lipinski definition) is 2. The highest BCUT2D eigenvalue weighted by atomic mass is 35.5. The Balaban J connectivity index is 2.11. The molecule has 0 aliphatic heterocycles. The summed E-state index contributed by atoms with van der Waals surface area (Å²) < 4.78 is 0. The van der Waals surface area contributed by atoms with Crippen LogP contribution in [0.5, 0.6) is 0 Å². The first kappa shape index (κ1) is 11.7. The Hall–Kier alpha value is -0.730. The Morgan fingerprint density at radius 3 is 2.44 bits per heavy atom. The molecule has 2 atom stereocenters. The fourth-order valence-electron chi connectivity index (χ4n) is 2.41.